The van der Waals surface area contributed by atoms with E-state index in [1.54, 1.807) is 0 Å². The van der Waals surface area contributed by atoms with Crippen LogP contribution in [-0.2, 0) is 47.9 Å². The minimum absolute atomic E-state index is 0.0111. The van der Waals surface area contributed by atoms with Crippen molar-refractivity contribution in [2.24, 2.45) is 99.5 Å². The summed E-state index contributed by atoms with van der Waals surface area (Å²) in [6.07, 6.45) is -0.343. The zero-order valence-corrected chi connectivity index (χ0v) is 51.5. The lowest BCUT2D eigenvalue weighted by Crippen LogP contribution is -2.61. The zero-order valence-electron chi connectivity index (χ0n) is 51.5. The van der Waals surface area contributed by atoms with Crippen LogP contribution in [0.25, 0.3) is 0 Å². The molecule has 0 aliphatic carbocycles. The summed E-state index contributed by atoms with van der Waals surface area (Å²) in [6.45, 7) is 1.78. The molecule has 0 aromatic heterocycles. The molecule has 0 unspecified atom stereocenters. The molecule has 0 saturated carbocycles. The molecular weight excluding hydrogens is 1180 g/mol. The van der Waals surface area contributed by atoms with E-state index in [0.717, 1.165) is 6.92 Å². The molecule has 0 aliphatic heterocycles. The van der Waals surface area contributed by atoms with Gasteiger partial charge < -0.3 is 133 Å². The Hall–Kier alpha value is -9.11. The number of nitrogens with two attached hydrogens (primary N) is 13. The van der Waals surface area contributed by atoms with Crippen molar-refractivity contribution in [1.29, 1.82) is 0 Å². The lowest BCUT2D eigenvalue weighted by molar-refractivity contribution is -0.136. The molecule has 37 N–H and O–H groups in total. The van der Waals surface area contributed by atoms with Crippen LogP contribution in [0.15, 0.2) is 25.0 Å². The van der Waals surface area contributed by atoms with Crippen molar-refractivity contribution in [3.8, 4) is 0 Å². The summed E-state index contributed by atoms with van der Waals surface area (Å²) in [7, 11) is 0. The summed E-state index contributed by atoms with van der Waals surface area (Å²) in [5.41, 5.74) is 71.9. The maximum atomic E-state index is 14.6. The second-order valence-corrected chi connectivity index (χ2v) is 20.8. The quantitative estimate of drug-likeness (QED) is 0.0153. The molecule has 0 aromatic carbocycles. The molecule has 0 aromatic rings. The number of aliphatic hydroxyl groups is 2. The van der Waals surface area contributed by atoms with Crippen molar-refractivity contribution >= 4 is 88.9 Å². The van der Waals surface area contributed by atoms with Gasteiger partial charge in [0.1, 0.15) is 54.4 Å². The number of rotatable bonds is 48. The fourth-order valence-electron chi connectivity index (χ4n) is 8.41. The van der Waals surface area contributed by atoms with Gasteiger partial charge in [-0.1, -0.05) is 0 Å². The number of aliphatic hydroxyl groups excluding tert-OH is 2. The highest BCUT2D eigenvalue weighted by Crippen LogP contribution is 2.12. The van der Waals surface area contributed by atoms with Crippen molar-refractivity contribution < 1.29 is 58.2 Å². The maximum absolute atomic E-state index is 14.6. The van der Waals surface area contributed by atoms with Gasteiger partial charge >= 0.3 is 0 Å². The first kappa shape index (κ1) is 80.9. The fraction of sp³-hybridized carbons (Fsp3) is 0.706. The highest BCUT2D eigenvalue weighted by Gasteiger charge is 2.35. The number of carbonyl (C=O) groups excluding carboxylic acids is 10. The highest BCUT2D eigenvalue weighted by atomic mass is 16.3. The minimum Gasteiger partial charge on any atom is -0.394 e. The molecule has 0 bridgehead atoms. The number of hydrogen-bond acceptors (Lipinski definition) is 19. The SMILES string of the molecule is CC(=O)N[C@@H](CCCN=C(N)N)C(=O)N[C@@H](CO)C(=O)N[C@@H](CCCN=C(N)N)C(=O)N[C@@H](CCCN=C(N)N)C(=O)N[C@@H](CCCN=C(N)N)C(=O)N[C@@H](CCCCN)C(=O)N[C@@H](CCCCN)C(=O)N[C@@H](CCCN=C(N)N)C(=O)N[C@H](C(N)=O)[C@@H](C)O. The number of hydrogen-bond donors (Lipinski definition) is 24. The summed E-state index contributed by atoms with van der Waals surface area (Å²) in [4.78, 5) is 157. The standard InChI is InChI=1S/C51H101N27O12/c1-27(80)37(38(54)82)78-45(89)35(18-11-25-69-51(63)64)75-41(85)31(13-4-6-20-53)71-40(84)30(12-3-5-19-52)72-42(86)32(15-8-22-66-48(57)58)73-43(87)33(16-9-23-67-49(59)60)74-44(88)34(17-10-24-68-50(61)62)76-46(90)36(26-79)77-39(83)29(70-28(2)81)14-7-21-65-47(55)56/h27,29-37,79-80H,3-26,52-53H2,1-2H3,(H2,54,82)(H,70,81)(H,71,84)(H,72,86)(H,73,87)(H,74,88)(H,75,85)(H,76,90)(H,77,83)(H,78,89)(H4,55,56,65)(H4,57,58,66)(H4,59,60,67)(H4,61,62,68)(H4,63,64,69)/t27-,29+,30+,31+,32+,33+,34+,35+,36+,37+/m1/s1. The van der Waals surface area contributed by atoms with Gasteiger partial charge in [0.15, 0.2) is 29.8 Å². The zero-order chi connectivity index (χ0) is 68.3. The van der Waals surface area contributed by atoms with Gasteiger partial charge in [-0.15, -0.1) is 0 Å². The van der Waals surface area contributed by atoms with Gasteiger partial charge in [0.05, 0.1) is 12.7 Å². The van der Waals surface area contributed by atoms with E-state index in [-0.39, 0.29) is 166 Å². The Morgan fingerprint density at radius 1 is 0.333 bits per heavy atom. The Balaban J connectivity index is 7.37. The normalized spacial score (nSPS) is 14.1. The molecule has 10 atom stereocenters. The fourth-order valence-corrected chi connectivity index (χ4v) is 8.41. The molecule has 0 radical (unpaired) electrons. The van der Waals surface area contributed by atoms with Crippen molar-refractivity contribution in [1.82, 2.24) is 47.9 Å². The second kappa shape index (κ2) is 46.1. The highest BCUT2D eigenvalue weighted by molar-refractivity contribution is 5.98. The van der Waals surface area contributed by atoms with E-state index in [9.17, 15) is 58.2 Å². The number of guanidine groups is 5. The van der Waals surface area contributed by atoms with E-state index >= 15 is 0 Å². The van der Waals surface area contributed by atoms with Gasteiger partial charge in [0, 0.05) is 39.6 Å². The maximum Gasteiger partial charge on any atom is 0.245 e. The van der Waals surface area contributed by atoms with E-state index in [2.05, 4.69) is 72.8 Å². The van der Waals surface area contributed by atoms with Crippen LogP contribution in [0.4, 0.5) is 0 Å². The van der Waals surface area contributed by atoms with Crippen LogP contribution in [0.1, 0.15) is 117 Å². The molecule has 39 heteroatoms. The molecule has 512 valence electrons. The van der Waals surface area contributed by atoms with Gasteiger partial charge in [-0.3, -0.25) is 72.9 Å². The van der Waals surface area contributed by atoms with E-state index in [1.807, 2.05) is 0 Å². The number of carbonyl (C=O) groups is 10. The molecule has 0 aliphatic rings. The van der Waals surface area contributed by atoms with E-state index < -0.39 is 126 Å². The van der Waals surface area contributed by atoms with Crippen molar-refractivity contribution in [3.05, 3.63) is 0 Å². The Kier molecular flexibility index (Phi) is 41.4. The largest absolute Gasteiger partial charge is 0.394 e. The van der Waals surface area contributed by atoms with Crippen LogP contribution in [0.2, 0.25) is 0 Å². The third kappa shape index (κ3) is 36.9. The minimum atomic E-state index is -1.69. The molecule has 0 saturated heterocycles. The Labute approximate surface area is 522 Å². The van der Waals surface area contributed by atoms with Crippen LogP contribution in [0.3, 0.4) is 0 Å². The van der Waals surface area contributed by atoms with Crippen LogP contribution in [-0.4, -0.2) is 212 Å². The Morgan fingerprint density at radius 3 is 0.744 bits per heavy atom. The van der Waals surface area contributed by atoms with Gasteiger partial charge in [-0.25, -0.2) is 0 Å². The topological polar surface area (TPSA) is 719 Å². The number of nitrogens with one attached hydrogen (secondary N) is 9. The van der Waals surface area contributed by atoms with Crippen LogP contribution >= 0.6 is 0 Å². The molecule has 0 fully saturated rings. The lowest BCUT2D eigenvalue weighted by atomic mass is 10.0. The first-order valence-electron chi connectivity index (χ1n) is 29.4. The van der Waals surface area contributed by atoms with E-state index in [1.165, 1.54) is 6.92 Å². The first-order valence-corrected chi connectivity index (χ1v) is 29.4. The lowest BCUT2D eigenvalue weighted by Gasteiger charge is -2.28. The van der Waals surface area contributed by atoms with Gasteiger partial charge in [0.25, 0.3) is 0 Å². The number of unbranched alkanes of at least 4 members (excludes halogenated alkanes) is 2. The smallest absolute Gasteiger partial charge is 0.245 e. The average Bonchev–Trinajstić information content (AvgIpc) is 3.26. The summed E-state index contributed by atoms with van der Waals surface area (Å²) >= 11 is 0. The number of aliphatic imine (C=N–C) groups is 5. The predicted octanol–water partition coefficient (Wildman–Crippen LogP) is -11.2. The van der Waals surface area contributed by atoms with Crippen molar-refractivity contribution in [2.75, 3.05) is 52.4 Å². The molecule has 10 amide bonds. The molecule has 0 heterocycles. The Bertz CT molecular complexity index is 2430. The van der Waals surface area contributed by atoms with Gasteiger partial charge in [-0.05, 0) is 123 Å². The molecule has 39 nitrogen and oxygen atoms in total. The second-order valence-electron chi connectivity index (χ2n) is 20.8. The Morgan fingerprint density at radius 2 is 0.544 bits per heavy atom. The number of nitrogens with zero attached hydrogens (tertiary/aromatic N) is 5. The monoisotopic (exact) mass is 1280 g/mol. The van der Waals surface area contributed by atoms with Crippen LogP contribution in [0, 0.1) is 0 Å². The van der Waals surface area contributed by atoms with Crippen LogP contribution in [0.5, 0.6) is 0 Å². The predicted molar refractivity (Wildman–Crippen MR) is 336 cm³/mol. The van der Waals surface area contributed by atoms with E-state index in [0.29, 0.717) is 12.8 Å². The van der Waals surface area contributed by atoms with E-state index in [4.69, 9.17) is 74.5 Å². The van der Waals surface area contributed by atoms with Crippen molar-refractivity contribution in [2.45, 2.75) is 177 Å². The number of primary amides is 1. The summed E-state index contributed by atoms with van der Waals surface area (Å²) in [5, 5.41) is 43.3. The average molecular weight is 1280 g/mol. The molecular formula is C51H101N27O12. The van der Waals surface area contributed by atoms with Crippen LogP contribution < -0.4 is 122 Å². The molecule has 90 heavy (non-hydrogen) atoms. The van der Waals surface area contributed by atoms with Crippen molar-refractivity contribution in [3.63, 3.8) is 0 Å². The molecule has 0 rings (SSSR count). The number of amides is 10. The summed E-state index contributed by atoms with van der Waals surface area (Å²) in [6, 6.07) is -13.2. The first-order chi connectivity index (χ1) is 42.5. The van der Waals surface area contributed by atoms with Gasteiger partial charge in [-0.2, -0.15) is 0 Å². The summed E-state index contributed by atoms with van der Waals surface area (Å²) < 4.78 is 0. The third-order valence-electron chi connectivity index (χ3n) is 13.0. The molecule has 0 spiro atoms. The third-order valence-corrected chi connectivity index (χ3v) is 13.0. The van der Waals surface area contributed by atoms with Gasteiger partial charge in [0.2, 0.25) is 59.1 Å². The summed E-state index contributed by atoms with van der Waals surface area (Å²) in [5.74, 6) is -10.4.